The number of H-pyrrole nitrogens is 1. The highest BCUT2D eigenvalue weighted by Gasteiger charge is 2.11. The van der Waals surface area contributed by atoms with Crippen molar-refractivity contribution in [3.05, 3.63) is 70.6 Å². The molecule has 0 aliphatic rings. The molecule has 0 amide bonds. The largest absolute Gasteiger partial charge is 0.442 e. The second-order valence-corrected chi connectivity index (χ2v) is 5.59. The van der Waals surface area contributed by atoms with Gasteiger partial charge in [0, 0.05) is 17.1 Å². The number of hydrogen-bond donors (Lipinski definition) is 1. The zero-order valence-electron chi connectivity index (χ0n) is 13.2. The molecule has 4 rings (SSSR count). The Morgan fingerprint density at radius 2 is 1.84 bits per heavy atom. The van der Waals surface area contributed by atoms with Crippen LogP contribution in [0.2, 0.25) is 0 Å². The molecule has 0 spiro atoms. The Kier molecular flexibility index (Phi) is 3.74. The van der Waals surface area contributed by atoms with Gasteiger partial charge in [0.25, 0.3) is 5.56 Å². The Hall–Kier alpha value is -3.48. The fourth-order valence-electron chi connectivity index (χ4n) is 2.73. The zero-order chi connectivity index (χ0) is 17.2. The topological polar surface area (TPSA) is 89.9 Å². The van der Waals surface area contributed by atoms with Crippen molar-refractivity contribution in [2.24, 2.45) is 0 Å². The summed E-state index contributed by atoms with van der Waals surface area (Å²) in [4.78, 5) is 27.5. The molecular formula is C18H14N4O3. The third kappa shape index (κ3) is 2.87. The number of carbonyl (C=O) groups excluding carboxylic acids is 1. The van der Waals surface area contributed by atoms with E-state index in [0.717, 1.165) is 21.1 Å². The molecule has 0 atom stereocenters. The standard InChI is InChI=1S/C18H14N4O3/c23-17(9-12-10-19-15-7-3-1-5-13(12)15)25-11-22-18(24)14-6-2-4-8-16(14)20-21-22/h1-8,10,19H,9,11H2. The second-order valence-electron chi connectivity index (χ2n) is 5.59. The van der Waals surface area contributed by atoms with Crippen molar-refractivity contribution in [1.29, 1.82) is 0 Å². The molecule has 1 N–H and O–H groups in total. The molecule has 7 heteroatoms. The number of esters is 1. The summed E-state index contributed by atoms with van der Waals surface area (Å²) in [7, 11) is 0. The van der Waals surface area contributed by atoms with E-state index in [4.69, 9.17) is 4.74 Å². The van der Waals surface area contributed by atoms with Crippen molar-refractivity contribution >= 4 is 27.8 Å². The number of nitrogens with one attached hydrogen (secondary N) is 1. The van der Waals surface area contributed by atoms with Gasteiger partial charge in [0.2, 0.25) is 0 Å². The van der Waals surface area contributed by atoms with E-state index in [1.165, 1.54) is 0 Å². The SMILES string of the molecule is O=C(Cc1c[nH]c2ccccc12)OCn1nnc2ccccc2c1=O. The van der Waals surface area contributed by atoms with Gasteiger partial charge in [-0.05, 0) is 23.8 Å². The number of rotatable bonds is 4. The van der Waals surface area contributed by atoms with E-state index in [1.807, 2.05) is 24.3 Å². The van der Waals surface area contributed by atoms with Crippen LogP contribution in [0.3, 0.4) is 0 Å². The third-order valence-corrected chi connectivity index (χ3v) is 3.99. The third-order valence-electron chi connectivity index (χ3n) is 3.99. The minimum absolute atomic E-state index is 0.111. The minimum Gasteiger partial charge on any atom is -0.442 e. The molecule has 0 saturated heterocycles. The first-order chi connectivity index (χ1) is 12.2. The van der Waals surface area contributed by atoms with E-state index in [9.17, 15) is 9.59 Å². The molecule has 2 heterocycles. The van der Waals surface area contributed by atoms with Crippen LogP contribution < -0.4 is 5.56 Å². The summed E-state index contributed by atoms with van der Waals surface area (Å²) in [5, 5.41) is 9.16. The molecule has 0 aliphatic heterocycles. The lowest BCUT2D eigenvalue weighted by molar-refractivity contribution is -0.147. The first kappa shape index (κ1) is 15.1. The van der Waals surface area contributed by atoms with Crippen LogP contribution >= 0.6 is 0 Å². The normalized spacial score (nSPS) is 11.0. The van der Waals surface area contributed by atoms with Crippen molar-refractivity contribution in [1.82, 2.24) is 20.0 Å². The summed E-state index contributed by atoms with van der Waals surface area (Å²) >= 11 is 0. The highest BCUT2D eigenvalue weighted by molar-refractivity contribution is 5.87. The van der Waals surface area contributed by atoms with Crippen LogP contribution in [0.1, 0.15) is 5.56 Å². The maximum absolute atomic E-state index is 12.3. The molecule has 0 radical (unpaired) electrons. The molecular weight excluding hydrogens is 320 g/mol. The number of aromatic nitrogens is 4. The van der Waals surface area contributed by atoms with Crippen molar-refractivity contribution in [3.8, 4) is 0 Å². The summed E-state index contributed by atoms with van der Waals surface area (Å²) in [6.45, 7) is -0.266. The quantitative estimate of drug-likeness (QED) is 0.577. The molecule has 0 aliphatic carbocycles. The molecule has 2 aromatic carbocycles. The van der Waals surface area contributed by atoms with Gasteiger partial charge in [0.05, 0.1) is 11.8 Å². The molecule has 0 saturated carbocycles. The van der Waals surface area contributed by atoms with Crippen molar-refractivity contribution in [3.63, 3.8) is 0 Å². The van der Waals surface area contributed by atoms with Crippen LogP contribution in [-0.4, -0.2) is 25.9 Å². The summed E-state index contributed by atoms with van der Waals surface area (Å²) in [5.74, 6) is -0.438. The maximum Gasteiger partial charge on any atom is 0.312 e. The van der Waals surface area contributed by atoms with E-state index < -0.39 is 5.97 Å². The number of carbonyl (C=O) groups is 1. The van der Waals surface area contributed by atoms with E-state index >= 15 is 0 Å². The molecule has 4 aromatic rings. The highest BCUT2D eigenvalue weighted by atomic mass is 16.5. The Balaban J connectivity index is 1.49. The number of aromatic amines is 1. The van der Waals surface area contributed by atoms with Gasteiger partial charge in [-0.25, -0.2) is 0 Å². The molecule has 25 heavy (non-hydrogen) atoms. The summed E-state index contributed by atoms with van der Waals surface area (Å²) in [5.41, 5.74) is 1.97. The molecule has 7 nitrogen and oxygen atoms in total. The van der Waals surface area contributed by atoms with Gasteiger partial charge in [-0.3, -0.25) is 9.59 Å². The Morgan fingerprint density at radius 3 is 2.72 bits per heavy atom. The average Bonchev–Trinajstić information content (AvgIpc) is 3.04. The van der Waals surface area contributed by atoms with Crippen LogP contribution in [0, 0.1) is 0 Å². The van der Waals surface area contributed by atoms with Gasteiger partial charge in [0.15, 0.2) is 6.73 Å². The second kappa shape index (κ2) is 6.20. The van der Waals surface area contributed by atoms with Gasteiger partial charge in [-0.1, -0.05) is 35.5 Å². The monoisotopic (exact) mass is 334 g/mol. The van der Waals surface area contributed by atoms with Gasteiger partial charge in [0.1, 0.15) is 5.52 Å². The fourth-order valence-corrected chi connectivity index (χ4v) is 2.73. The van der Waals surface area contributed by atoms with Crippen LogP contribution in [0.15, 0.2) is 59.5 Å². The summed E-state index contributed by atoms with van der Waals surface area (Å²) in [6, 6.07) is 14.6. The number of nitrogens with zero attached hydrogens (tertiary/aromatic N) is 3. The predicted molar refractivity (Wildman–Crippen MR) is 91.9 cm³/mol. The summed E-state index contributed by atoms with van der Waals surface area (Å²) < 4.78 is 6.22. The van der Waals surface area contributed by atoms with E-state index in [-0.39, 0.29) is 18.7 Å². The molecule has 0 bridgehead atoms. The van der Waals surface area contributed by atoms with Gasteiger partial charge < -0.3 is 9.72 Å². The predicted octanol–water partition coefficient (Wildman–Crippen LogP) is 2.02. The molecule has 2 aromatic heterocycles. The number of fused-ring (bicyclic) bond motifs is 2. The smallest absolute Gasteiger partial charge is 0.312 e. The lowest BCUT2D eigenvalue weighted by atomic mass is 10.1. The maximum atomic E-state index is 12.3. The lowest BCUT2D eigenvalue weighted by Crippen LogP contribution is -2.26. The molecule has 0 unspecified atom stereocenters. The van der Waals surface area contributed by atoms with E-state index in [2.05, 4.69) is 15.3 Å². The van der Waals surface area contributed by atoms with E-state index in [1.54, 1.807) is 30.5 Å². The Bertz CT molecular complexity index is 1130. The van der Waals surface area contributed by atoms with Gasteiger partial charge in [-0.2, -0.15) is 4.68 Å². The Morgan fingerprint density at radius 1 is 1.08 bits per heavy atom. The minimum atomic E-state index is -0.438. The average molecular weight is 334 g/mol. The number of hydrogen-bond acceptors (Lipinski definition) is 5. The Labute approximate surface area is 141 Å². The van der Waals surface area contributed by atoms with Crippen LogP contribution in [0.25, 0.3) is 21.8 Å². The van der Waals surface area contributed by atoms with Crippen molar-refractivity contribution < 1.29 is 9.53 Å². The van der Waals surface area contributed by atoms with Gasteiger partial charge >= 0.3 is 5.97 Å². The van der Waals surface area contributed by atoms with Crippen molar-refractivity contribution in [2.75, 3.05) is 0 Å². The highest BCUT2D eigenvalue weighted by Crippen LogP contribution is 2.18. The zero-order valence-corrected chi connectivity index (χ0v) is 13.2. The summed E-state index contributed by atoms with van der Waals surface area (Å²) in [6.07, 6.45) is 1.90. The first-order valence-corrected chi connectivity index (χ1v) is 7.75. The molecule has 124 valence electrons. The number of benzene rings is 2. The first-order valence-electron chi connectivity index (χ1n) is 7.75. The van der Waals surface area contributed by atoms with E-state index in [0.29, 0.717) is 10.9 Å². The van der Waals surface area contributed by atoms with Crippen molar-refractivity contribution in [2.45, 2.75) is 13.2 Å². The van der Waals surface area contributed by atoms with Crippen LogP contribution in [-0.2, 0) is 22.7 Å². The molecule has 0 fully saturated rings. The number of ether oxygens (including phenoxy) is 1. The van der Waals surface area contributed by atoms with Crippen LogP contribution in [0.5, 0.6) is 0 Å². The number of para-hydroxylation sites is 1. The van der Waals surface area contributed by atoms with Crippen LogP contribution in [0.4, 0.5) is 0 Å². The fraction of sp³-hybridized carbons (Fsp3) is 0.111. The lowest BCUT2D eigenvalue weighted by Gasteiger charge is -2.06. The van der Waals surface area contributed by atoms with Gasteiger partial charge in [-0.15, -0.1) is 5.10 Å².